The van der Waals surface area contributed by atoms with Crippen LogP contribution in [0.1, 0.15) is 0 Å². The molecule has 1 amide bonds. The van der Waals surface area contributed by atoms with E-state index in [1.54, 1.807) is 36.4 Å². The van der Waals surface area contributed by atoms with Crippen molar-refractivity contribution in [3.05, 3.63) is 53.0 Å². The molecule has 0 spiro atoms. The van der Waals surface area contributed by atoms with Crippen LogP contribution in [0.5, 0.6) is 11.5 Å². The first kappa shape index (κ1) is 16.8. The summed E-state index contributed by atoms with van der Waals surface area (Å²) in [4.78, 5) is 22.4. The van der Waals surface area contributed by atoms with Crippen LogP contribution in [0.3, 0.4) is 0 Å². The summed E-state index contributed by atoms with van der Waals surface area (Å²) in [6, 6.07) is 13.7. The lowest BCUT2D eigenvalue weighted by Crippen LogP contribution is -2.20. The number of amides is 1. The predicted octanol–water partition coefficient (Wildman–Crippen LogP) is 2.93. The number of hydrogen-bond donors (Lipinski definition) is 2. The van der Waals surface area contributed by atoms with Crippen molar-refractivity contribution in [1.29, 1.82) is 0 Å². The van der Waals surface area contributed by atoms with Gasteiger partial charge in [-0.25, -0.2) is 4.79 Å². The van der Waals surface area contributed by atoms with E-state index < -0.39 is 12.6 Å². The number of nitrogens with one attached hydrogen (secondary N) is 1. The lowest BCUT2D eigenvalue weighted by molar-refractivity contribution is -0.139. The Morgan fingerprint density at radius 3 is 2.57 bits per heavy atom. The minimum absolute atomic E-state index is 0.150. The van der Waals surface area contributed by atoms with Crippen molar-refractivity contribution in [2.75, 3.05) is 18.5 Å². The molecule has 0 fully saturated rings. The van der Waals surface area contributed by atoms with Crippen LogP contribution in [0.4, 0.5) is 5.69 Å². The van der Waals surface area contributed by atoms with Gasteiger partial charge in [0, 0.05) is 11.8 Å². The minimum atomic E-state index is -1.07. The fourth-order valence-electron chi connectivity index (χ4n) is 1.71. The van der Waals surface area contributed by atoms with Crippen molar-refractivity contribution in [2.24, 2.45) is 0 Å². The number of hydrogen-bond acceptors (Lipinski definition) is 4. The van der Waals surface area contributed by atoms with Gasteiger partial charge in [-0.15, -0.1) is 0 Å². The quantitative estimate of drug-likeness (QED) is 0.772. The Morgan fingerprint density at radius 2 is 1.83 bits per heavy atom. The van der Waals surface area contributed by atoms with Gasteiger partial charge in [-0.05, 0) is 40.2 Å². The van der Waals surface area contributed by atoms with Gasteiger partial charge in [0.15, 0.2) is 13.2 Å². The molecule has 120 valence electrons. The van der Waals surface area contributed by atoms with Gasteiger partial charge in [-0.1, -0.05) is 18.2 Å². The Kier molecular flexibility index (Phi) is 5.99. The summed E-state index contributed by atoms with van der Waals surface area (Å²) in [5, 5.41) is 11.2. The van der Waals surface area contributed by atoms with Crippen molar-refractivity contribution in [3.8, 4) is 11.5 Å². The highest BCUT2D eigenvalue weighted by molar-refractivity contribution is 9.10. The molecule has 23 heavy (non-hydrogen) atoms. The SMILES string of the molecule is O=C(O)COc1cccc(NC(=O)COc2ccccc2Br)c1. The normalized spacial score (nSPS) is 9.96. The molecule has 2 aromatic rings. The number of benzene rings is 2. The molecule has 2 N–H and O–H groups in total. The topological polar surface area (TPSA) is 84.9 Å². The van der Waals surface area contributed by atoms with Gasteiger partial charge < -0.3 is 19.9 Å². The fraction of sp³-hybridized carbons (Fsp3) is 0.125. The molecule has 0 atom stereocenters. The lowest BCUT2D eigenvalue weighted by Gasteiger charge is -2.10. The molecular formula is C16H14BrNO5. The molecule has 0 saturated carbocycles. The molecule has 0 radical (unpaired) electrons. The van der Waals surface area contributed by atoms with E-state index >= 15 is 0 Å². The molecule has 0 aliphatic carbocycles. The third-order valence-electron chi connectivity index (χ3n) is 2.68. The maximum atomic E-state index is 11.9. The number of carbonyl (C=O) groups is 2. The Balaban J connectivity index is 1.89. The molecule has 0 saturated heterocycles. The molecule has 0 aliphatic heterocycles. The summed E-state index contributed by atoms with van der Waals surface area (Å²) < 4.78 is 11.2. The first-order valence-electron chi connectivity index (χ1n) is 6.66. The van der Waals surface area contributed by atoms with E-state index in [1.807, 2.05) is 12.1 Å². The number of halogens is 1. The average molecular weight is 380 g/mol. The van der Waals surface area contributed by atoms with Crippen molar-refractivity contribution in [1.82, 2.24) is 0 Å². The zero-order valence-corrected chi connectivity index (χ0v) is 13.6. The third-order valence-corrected chi connectivity index (χ3v) is 3.33. The largest absolute Gasteiger partial charge is 0.483 e. The molecule has 0 unspecified atom stereocenters. The van der Waals surface area contributed by atoms with Crippen LogP contribution in [0.2, 0.25) is 0 Å². The van der Waals surface area contributed by atoms with Gasteiger partial charge in [-0.3, -0.25) is 4.79 Å². The second-order valence-electron chi connectivity index (χ2n) is 4.48. The summed E-state index contributed by atoms with van der Waals surface area (Å²) in [7, 11) is 0. The van der Waals surface area contributed by atoms with Crippen LogP contribution in [-0.2, 0) is 9.59 Å². The van der Waals surface area contributed by atoms with Crippen LogP contribution < -0.4 is 14.8 Å². The summed E-state index contributed by atoms with van der Waals surface area (Å²) >= 11 is 3.33. The zero-order chi connectivity index (χ0) is 16.7. The van der Waals surface area contributed by atoms with Crippen LogP contribution in [0.15, 0.2) is 53.0 Å². The van der Waals surface area contributed by atoms with E-state index in [-0.39, 0.29) is 12.5 Å². The second kappa shape index (κ2) is 8.19. The van der Waals surface area contributed by atoms with Crippen molar-refractivity contribution >= 4 is 33.5 Å². The van der Waals surface area contributed by atoms with E-state index in [9.17, 15) is 9.59 Å². The van der Waals surface area contributed by atoms with Crippen LogP contribution in [-0.4, -0.2) is 30.2 Å². The Bertz CT molecular complexity index is 704. The first-order valence-corrected chi connectivity index (χ1v) is 7.46. The highest BCUT2D eigenvalue weighted by Gasteiger charge is 2.07. The van der Waals surface area contributed by atoms with E-state index in [1.165, 1.54) is 0 Å². The van der Waals surface area contributed by atoms with Crippen molar-refractivity contribution in [2.45, 2.75) is 0 Å². The van der Waals surface area contributed by atoms with E-state index in [4.69, 9.17) is 14.6 Å². The van der Waals surface area contributed by atoms with E-state index in [0.29, 0.717) is 17.2 Å². The highest BCUT2D eigenvalue weighted by Crippen LogP contribution is 2.23. The maximum Gasteiger partial charge on any atom is 0.341 e. The molecule has 0 heterocycles. The maximum absolute atomic E-state index is 11.9. The number of carbonyl (C=O) groups excluding carboxylic acids is 1. The minimum Gasteiger partial charge on any atom is -0.483 e. The number of para-hydroxylation sites is 1. The zero-order valence-electron chi connectivity index (χ0n) is 12.0. The average Bonchev–Trinajstić information content (AvgIpc) is 2.52. The van der Waals surface area contributed by atoms with Gasteiger partial charge in [0.05, 0.1) is 4.47 Å². The summed E-state index contributed by atoms with van der Waals surface area (Å²) in [6.07, 6.45) is 0. The van der Waals surface area contributed by atoms with Crippen LogP contribution in [0.25, 0.3) is 0 Å². The van der Waals surface area contributed by atoms with Gasteiger partial charge in [-0.2, -0.15) is 0 Å². The van der Waals surface area contributed by atoms with Crippen LogP contribution in [0, 0.1) is 0 Å². The first-order chi connectivity index (χ1) is 11.0. The molecule has 2 rings (SSSR count). The van der Waals surface area contributed by atoms with Gasteiger partial charge in [0.2, 0.25) is 0 Å². The molecule has 6 nitrogen and oxygen atoms in total. The van der Waals surface area contributed by atoms with Crippen molar-refractivity contribution in [3.63, 3.8) is 0 Å². The number of ether oxygens (including phenoxy) is 2. The highest BCUT2D eigenvalue weighted by atomic mass is 79.9. The Morgan fingerprint density at radius 1 is 1.04 bits per heavy atom. The molecule has 7 heteroatoms. The van der Waals surface area contributed by atoms with Gasteiger partial charge in [0.1, 0.15) is 11.5 Å². The fourth-order valence-corrected chi connectivity index (χ4v) is 2.11. The number of carboxylic acids is 1. The summed E-state index contributed by atoms with van der Waals surface area (Å²) in [5.74, 6) is -0.476. The number of carboxylic acid groups (broad SMARTS) is 1. The Hall–Kier alpha value is -2.54. The van der Waals surface area contributed by atoms with Gasteiger partial charge >= 0.3 is 5.97 Å². The standard InChI is InChI=1S/C16H14BrNO5/c17-13-6-1-2-7-14(13)23-9-15(19)18-11-4-3-5-12(8-11)22-10-16(20)21/h1-8H,9-10H2,(H,18,19)(H,20,21). The summed E-state index contributed by atoms with van der Waals surface area (Å²) in [5.41, 5.74) is 0.494. The second-order valence-corrected chi connectivity index (χ2v) is 5.33. The van der Waals surface area contributed by atoms with E-state index in [0.717, 1.165) is 4.47 Å². The number of rotatable bonds is 7. The lowest BCUT2D eigenvalue weighted by atomic mass is 10.3. The third kappa shape index (κ3) is 5.63. The monoisotopic (exact) mass is 379 g/mol. The number of aliphatic carboxylic acids is 1. The van der Waals surface area contributed by atoms with Crippen LogP contribution >= 0.6 is 15.9 Å². The molecule has 0 aliphatic rings. The van der Waals surface area contributed by atoms with Crippen molar-refractivity contribution < 1.29 is 24.2 Å². The number of anilines is 1. The van der Waals surface area contributed by atoms with E-state index in [2.05, 4.69) is 21.2 Å². The smallest absolute Gasteiger partial charge is 0.341 e. The molecule has 0 bridgehead atoms. The molecule has 2 aromatic carbocycles. The molecular weight excluding hydrogens is 366 g/mol. The Labute approximate surface area is 141 Å². The molecule has 0 aromatic heterocycles. The van der Waals surface area contributed by atoms with Gasteiger partial charge in [0.25, 0.3) is 5.91 Å². The summed E-state index contributed by atoms with van der Waals surface area (Å²) in [6.45, 7) is -0.592. The predicted molar refractivity (Wildman–Crippen MR) is 87.8 cm³/mol.